The zero-order valence-corrected chi connectivity index (χ0v) is 9.85. The predicted molar refractivity (Wildman–Crippen MR) is 61.8 cm³/mol. The van der Waals surface area contributed by atoms with Gasteiger partial charge in [-0.2, -0.15) is 4.68 Å². The van der Waals surface area contributed by atoms with Crippen molar-refractivity contribution in [2.24, 2.45) is 0 Å². The number of ether oxygens (including phenoxy) is 1. The third kappa shape index (κ3) is 1.79. The van der Waals surface area contributed by atoms with E-state index in [0.29, 0.717) is 11.3 Å². The Kier molecular flexibility index (Phi) is 2.97. The minimum Gasteiger partial charge on any atom is -0.464 e. The third-order valence-corrected chi connectivity index (χ3v) is 2.55. The topological polar surface area (TPSA) is 83.0 Å². The van der Waals surface area contributed by atoms with Gasteiger partial charge in [0.15, 0.2) is 5.82 Å². The smallest absolute Gasteiger partial charge is 0.362 e. The lowest BCUT2D eigenvalue weighted by atomic mass is 10.2. The van der Waals surface area contributed by atoms with Crippen LogP contribution in [0.25, 0.3) is 5.69 Å². The lowest BCUT2D eigenvalue weighted by molar-refractivity contribution is 0.0595. The van der Waals surface area contributed by atoms with E-state index in [-0.39, 0.29) is 17.3 Å². The molecule has 0 fully saturated rings. The second kappa shape index (κ2) is 4.44. The summed E-state index contributed by atoms with van der Waals surface area (Å²) in [6.07, 6.45) is 0. The van der Waals surface area contributed by atoms with E-state index in [4.69, 9.17) is 5.73 Å². The first kappa shape index (κ1) is 12.0. The summed E-state index contributed by atoms with van der Waals surface area (Å²) in [4.78, 5) is 11.3. The van der Waals surface area contributed by atoms with Crippen molar-refractivity contribution in [1.82, 2.24) is 15.0 Å². The zero-order valence-electron chi connectivity index (χ0n) is 9.85. The molecule has 0 spiro atoms. The minimum atomic E-state index is -0.687. The van der Waals surface area contributed by atoms with Crippen molar-refractivity contribution in [2.45, 2.75) is 6.92 Å². The van der Waals surface area contributed by atoms with Gasteiger partial charge in [-0.15, -0.1) is 5.10 Å². The molecule has 0 saturated carbocycles. The van der Waals surface area contributed by atoms with Gasteiger partial charge in [0, 0.05) is 5.56 Å². The molecule has 0 aliphatic rings. The highest BCUT2D eigenvalue weighted by Crippen LogP contribution is 2.20. The summed E-state index contributed by atoms with van der Waals surface area (Å²) in [6, 6.07) is 4.48. The molecule has 6 nitrogen and oxygen atoms in total. The number of carbonyl (C=O) groups excluding carboxylic acids is 1. The molecule has 2 aromatic rings. The van der Waals surface area contributed by atoms with Crippen molar-refractivity contribution in [3.8, 4) is 5.69 Å². The number of halogens is 1. The number of anilines is 1. The second-order valence-corrected chi connectivity index (χ2v) is 3.61. The summed E-state index contributed by atoms with van der Waals surface area (Å²) in [7, 11) is 1.22. The van der Waals surface area contributed by atoms with E-state index in [9.17, 15) is 9.18 Å². The first-order valence-corrected chi connectivity index (χ1v) is 5.11. The number of nitrogen functional groups attached to an aromatic ring is 1. The van der Waals surface area contributed by atoms with E-state index in [1.54, 1.807) is 13.0 Å². The number of aromatic nitrogens is 3. The van der Waals surface area contributed by atoms with Crippen LogP contribution in [0.1, 0.15) is 16.1 Å². The van der Waals surface area contributed by atoms with Gasteiger partial charge in [-0.1, -0.05) is 11.3 Å². The van der Waals surface area contributed by atoms with Gasteiger partial charge < -0.3 is 10.5 Å². The zero-order chi connectivity index (χ0) is 13.3. The molecule has 0 aliphatic carbocycles. The average molecular weight is 250 g/mol. The lowest BCUT2D eigenvalue weighted by Gasteiger charge is -2.07. The Labute approximate surface area is 102 Å². The summed E-state index contributed by atoms with van der Waals surface area (Å²) in [6.45, 7) is 1.59. The molecule has 0 atom stereocenters. The van der Waals surface area contributed by atoms with Crippen LogP contribution in [0.15, 0.2) is 18.2 Å². The van der Waals surface area contributed by atoms with Crippen molar-refractivity contribution < 1.29 is 13.9 Å². The Morgan fingerprint density at radius 1 is 1.50 bits per heavy atom. The van der Waals surface area contributed by atoms with Crippen LogP contribution in [0.2, 0.25) is 0 Å². The van der Waals surface area contributed by atoms with Gasteiger partial charge in [0.1, 0.15) is 5.82 Å². The van der Waals surface area contributed by atoms with Crippen molar-refractivity contribution in [3.05, 3.63) is 35.3 Å². The molecule has 94 valence electrons. The Bertz CT molecular complexity index is 609. The van der Waals surface area contributed by atoms with E-state index < -0.39 is 5.97 Å². The molecule has 0 saturated heterocycles. The highest BCUT2D eigenvalue weighted by Gasteiger charge is 2.20. The molecule has 1 aromatic heterocycles. The summed E-state index contributed by atoms with van der Waals surface area (Å²) >= 11 is 0. The van der Waals surface area contributed by atoms with Gasteiger partial charge in [0.25, 0.3) is 0 Å². The molecule has 0 unspecified atom stereocenters. The molecule has 0 amide bonds. The summed E-state index contributed by atoms with van der Waals surface area (Å²) < 4.78 is 19.1. The molecule has 7 heteroatoms. The number of nitrogens with zero attached hydrogens (tertiary/aromatic N) is 3. The molecule has 0 bridgehead atoms. The highest BCUT2D eigenvalue weighted by atomic mass is 19.1. The first-order valence-electron chi connectivity index (χ1n) is 5.11. The van der Waals surface area contributed by atoms with Gasteiger partial charge >= 0.3 is 5.97 Å². The number of nitrogens with two attached hydrogens (primary N) is 1. The first-order chi connectivity index (χ1) is 8.56. The maximum absolute atomic E-state index is 13.4. The number of hydrogen-bond donors (Lipinski definition) is 1. The SMILES string of the molecule is COC(=O)c1nnn(-c2cccc(F)c2C)c1N. The standard InChI is InChI=1S/C11H11FN4O2/c1-6-7(12)4-3-5-8(6)16-10(13)9(14-15-16)11(17)18-2/h3-5H,13H2,1-2H3. The Hall–Kier alpha value is -2.44. The molecule has 2 N–H and O–H groups in total. The van der Waals surface area contributed by atoms with Crippen LogP contribution < -0.4 is 5.73 Å². The van der Waals surface area contributed by atoms with E-state index >= 15 is 0 Å². The van der Waals surface area contributed by atoms with Crippen LogP contribution in [-0.2, 0) is 4.74 Å². The maximum Gasteiger partial charge on any atom is 0.362 e. The van der Waals surface area contributed by atoms with Crippen molar-refractivity contribution >= 4 is 11.8 Å². The Balaban J connectivity index is 2.56. The van der Waals surface area contributed by atoms with E-state index in [2.05, 4.69) is 15.0 Å². The quantitative estimate of drug-likeness (QED) is 0.806. The number of carbonyl (C=O) groups is 1. The summed E-state index contributed by atoms with van der Waals surface area (Å²) in [5, 5.41) is 7.36. The largest absolute Gasteiger partial charge is 0.464 e. The van der Waals surface area contributed by atoms with Gasteiger partial charge in [-0.3, -0.25) is 0 Å². The fourth-order valence-electron chi connectivity index (χ4n) is 1.53. The van der Waals surface area contributed by atoms with Crippen LogP contribution in [0, 0.1) is 12.7 Å². The maximum atomic E-state index is 13.4. The van der Waals surface area contributed by atoms with E-state index in [1.807, 2.05) is 0 Å². The van der Waals surface area contributed by atoms with Gasteiger partial charge in [-0.05, 0) is 19.1 Å². The Morgan fingerprint density at radius 3 is 2.89 bits per heavy atom. The fraction of sp³-hybridized carbons (Fsp3) is 0.182. The minimum absolute atomic E-state index is 0.00977. The lowest BCUT2D eigenvalue weighted by Crippen LogP contribution is -2.08. The van der Waals surface area contributed by atoms with Crippen LogP contribution in [0.4, 0.5) is 10.2 Å². The molecular weight excluding hydrogens is 239 g/mol. The van der Waals surface area contributed by atoms with Crippen LogP contribution in [0.3, 0.4) is 0 Å². The van der Waals surface area contributed by atoms with E-state index in [1.165, 1.54) is 23.9 Å². The van der Waals surface area contributed by atoms with Crippen LogP contribution in [0.5, 0.6) is 0 Å². The molecule has 0 aliphatic heterocycles. The monoisotopic (exact) mass is 250 g/mol. The van der Waals surface area contributed by atoms with E-state index in [0.717, 1.165) is 0 Å². The number of hydrogen-bond acceptors (Lipinski definition) is 5. The van der Waals surface area contributed by atoms with Gasteiger partial charge in [0.05, 0.1) is 12.8 Å². The third-order valence-electron chi connectivity index (χ3n) is 2.55. The van der Waals surface area contributed by atoms with Crippen LogP contribution >= 0.6 is 0 Å². The highest BCUT2D eigenvalue weighted by molar-refractivity contribution is 5.92. The number of methoxy groups -OCH3 is 1. The molecule has 18 heavy (non-hydrogen) atoms. The number of benzene rings is 1. The Morgan fingerprint density at radius 2 is 2.22 bits per heavy atom. The second-order valence-electron chi connectivity index (χ2n) is 3.61. The molecule has 2 rings (SSSR count). The molecule has 1 aromatic carbocycles. The van der Waals surface area contributed by atoms with Crippen LogP contribution in [-0.4, -0.2) is 28.1 Å². The predicted octanol–water partition coefficient (Wildman–Crippen LogP) is 1.08. The van der Waals surface area contributed by atoms with Crippen molar-refractivity contribution in [1.29, 1.82) is 0 Å². The molecule has 1 heterocycles. The number of esters is 1. The van der Waals surface area contributed by atoms with Crippen molar-refractivity contribution in [2.75, 3.05) is 12.8 Å². The normalized spacial score (nSPS) is 10.4. The molecule has 0 radical (unpaired) electrons. The van der Waals surface area contributed by atoms with Gasteiger partial charge in [0.2, 0.25) is 5.69 Å². The number of rotatable bonds is 2. The summed E-state index contributed by atoms with van der Waals surface area (Å²) in [5.41, 5.74) is 6.44. The molecular formula is C11H11FN4O2. The summed E-state index contributed by atoms with van der Waals surface area (Å²) in [5.74, 6) is -1.06. The average Bonchev–Trinajstić information content (AvgIpc) is 2.74. The van der Waals surface area contributed by atoms with Crippen molar-refractivity contribution in [3.63, 3.8) is 0 Å². The van der Waals surface area contributed by atoms with Gasteiger partial charge in [-0.25, -0.2) is 9.18 Å². The fourth-order valence-corrected chi connectivity index (χ4v) is 1.53.